The van der Waals surface area contributed by atoms with Gasteiger partial charge in [-0.25, -0.2) is 18.4 Å². The third kappa shape index (κ3) is 10.7. The molecule has 0 radical (unpaired) electrons. The Labute approximate surface area is 246 Å². The zero-order valence-corrected chi connectivity index (χ0v) is 23.7. The third-order valence-corrected chi connectivity index (χ3v) is 6.09. The van der Waals surface area contributed by atoms with Gasteiger partial charge < -0.3 is 29.0 Å². The summed E-state index contributed by atoms with van der Waals surface area (Å²) in [6, 6.07) is 14.5. The average Bonchev–Trinajstić information content (AvgIpc) is 2.92. The number of ether oxygens (including phenoxy) is 4. The lowest BCUT2D eigenvalue weighted by Gasteiger charge is -2.22. The van der Waals surface area contributed by atoms with Crippen molar-refractivity contribution in [3.63, 3.8) is 0 Å². The molecule has 0 saturated heterocycles. The molecule has 0 heterocycles. The summed E-state index contributed by atoms with van der Waals surface area (Å²) in [6.45, 7) is 2.65. The summed E-state index contributed by atoms with van der Waals surface area (Å²) in [5.41, 5.74) is 0.760. The topological polar surface area (TPSA) is 94.5 Å². The maximum atomic E-state index is 13.6. The summed E-state index contributed by atoms with van der Waals surface area (Å²) in [5, 5.41) is 10.1. The van der Waals surface area contributed by atoms with Crippen LogP contribution in [0.25, 0.3) is 0 Å². The van der Waals surface area contributed by atoms with Crippen LogP contribution >= 0.6 is 23.2 Å². The van der Waals surface area contributed by atoms with E-state index in [1.165, 1.54) is 4.90 Å². The SMILES string of the molecule is CCOC(Cc1ccc(OCCN(CCCOc2cc(Cl)cc(Cl)c2)C(=O)Oc2ccc(F)c(F)c2)cc1)C(=O)O. The number of aliphatic carboxylic acids is 1. The molecule has 3 rings (SSSR count). The lowest BCUT2D eigenvalue weighted by atomic mass is 10.1. The van der Waals surface area contributed by atoms with E-state index in [-0.39, 0.29) is 45.1 Å². The van der Waals surface area contributed by atoms with Crippen molar-refractivity contribution in [2.45, 2.75) is 25.9 Å². The summed E-state index contributed by atoms with van der Waals surface area (Å²) in [5.74, 6) is -2.40. The minimum Gasteiger partial charge on any atom is -0.493 e. The van der Waals surface area contributed by atoms with Crippen molar-refractivity contribution < 1.29 is 42.4 Å². The highest BCUT2D eigenvalue weighted by Crippen LogP contribution is 2.24. The van der Waals surface area contributed by atoms with Gasteiger partial charge >= 0.3 is 12.1 Å². The highest BCUT2D eigenvalue weighted by atomic mass is 35.5. The van der Waals surface area contributed by atoms with Crippen molar-refractivity contribution in [1.29, 1.82) is 0 Å². The highest BCUT2D eigenvalue weighted by molar-refractivity contribution is 6.34. The summed E-state index contributed by atoms with van der Waals surface area (Å²) in [7, 11) is 0. The summed E-state index contributed by atoms with van der Waals surface area (Å²) in [6.07, 6.45) is -1.12. The van der Waals surface area contributed by atoms with Crippen molar-refractivity contribution in [3.05, 3.63) is 87.9 Å². The van der Waals surface area contributed by atoms with Crippen LogP contribution in [0.3, 0.4) is 0 Å². The van der Waals surface area contributed by atoms with Gasteiger partial charge in [0.2, 0.25) is 0 Å². The molecule has 3 aromatic carbocycles. The van der Waals surface area contributed by atoms with Crippen molar-refractivity contribution in [2.24, 2.45) is 0 Å². The highest BCUT2D eigenvalue weighted by Gasteiger charge is 2.19. The number of benzene rings is 3. The minimum absolute atomic E-state index is 0.0910. The van der Waals surface area contributed by atoms with E-state index in [1.807, 2.05) is 0 Å². The molecule has 0 fully saturated rings. The van der Waals surface area contributed by atoms with Crippen LogP contribution in [-0.4, -0.2) is 61.1 Å². The monoisotopic (exact) mass is 611 g/mol. The van der Waals surface area contributed by atoms with E-state index in [0.717, 1.165) is 23.8 Å². The summed E-state index contributed by atoms with van der Waals surface area (Å²) < 4.78 is 48.8. The molecular formula is C29H29Cl2F2NO7. The number of halogens is 4. The number of rotatable bonds is 15. The molecule has 0 aliphatic heterocycles. The predicted molar refractivity (Wildman–Crippen MR) is 149 cm³/mol. The Hall–Kier alpha value is -3.60. The quantitative estimate of drug-likeness (QED) is 0.192. The number of nitrogens with zero attached hydrogens (tertiary/aromatic N) is 1. The zero-order valence-electron chi connectivity index (χ0n) is 22.2. The second-order valence-electron chi connectivity index (χ2n) is 8.72. The van der Waals surface area contributed by atoms with Crippen LogP contribution in [0.2, 0.25) is 10.0 Å². The first-order valence-electron chi connectivity index (χ1n) is 12.7. The van der Waals surface area contributed by atoms with Gasteiger partial charge in [-0.3, -0.25) is 0 Å². The average molecular weight is 612 g/mol. The fourth-order valence-electron chi connectivity index (χ4n) is 3.69. The molecule has 8 nitrogen and oxygen atoms in total. The normalized spacial score (nSPS) is 11.5. The van der Waals surface area contributed by atoms with E-state index in [2.05, 4.69) is 0 Å². The second-order valence-corrected chi connectivity index (χ2v) is 9.59. The fourth-order valence-corrected chi connectivity index (χ4v) is 4.19. The molecule has 1 N–H and O–H groups in total. The molecule has 0 saturated carbocycles. The van der Waals surface area contributed by atoms with Crippen molar-refractivity contribution in [1.82, 2.24) is 4.90 Å². The molecule has 0 aromatic heterocycles. The molecule has 0 spiro atoms. The Bertz CT molecular complexity index is 1290. The number of carboxylic acids is 1. The Kier molecular flexibility index (Phi) is 12.5. The van der Waals surface area contributed by atoms with E-state index in [0.29, 0.717) is 28.0 Å². The molecule has 41 heavy (non-hydrogen) atoms. The van der Waals surface area contributed by atoms with Crippen LogP contribution in [0.4, 0.5) is 13.6 Å². The van der Waals surface area contributed by atoms with Crippen LogP contribution < -0.4 is 14.2 Å². The van der Waals surface area contributed by atoms with E-state index < -0.39 is 29.8 Å². The number of amides is 1. The first kappa shape index (κ1) is 31.9. The molecule has 12 heteroatoms. The summed E-state index contributed by atoms with van der Waals surface area (Å²) >= 11 is 12.0. The lowest BCUT2D eigenvalue weighted by molar-refractivity contribution is -0.149. The maximum Gasteiger partial charge on any atom is 0.415 e. The van der Waals surface area contributed by atoms with E-state index in [9.17, 15) is 23.5 Å². The van der Waals surface area contributed by atoms with Crippen LogP contribution in [0.1, 0.15) is 18.9 Å². The molecular weight excluding hydrogens is 583 g/mol. The molecule has 1 atom stereocenters. The van der Waals surface area contributed by atoms with Crippen LogP contribution in [0, 0.1) is 11.6 Å². The van der Waals surface area contributed by atoms with Crippen molar-refractivity contribution in [2.75, 3.05) is 32.9 Å². The van der Waals surface area contributed by atoms with E-state index >= 15 is 0 Å². The molecule has 0 bridgehead atoms. The first-order chi connectivity index (χ1) is 19.6. The van der Waals surface area contributed by atoms with Gasteiger partial charge in [0, 0.05) is 35.7 Å². The number of carbonyl (C=O) groups is 2. The standard InChI is InChI=1S/C29H29Cl2F2NO7/c1-2-38-27(28(35)36)14-19-4-6-22(7-5-19)40-13-11-34(29(37)41-23-8-9-25(32)26(33)18-23)10-3-12-39-24-16-20(30)15-21(31)17-24/h4-9,15-18,27H,2-3,10-14H2,1H3,(H,35,36). The Morgan fingerprint density at radius 2 is 1.51 bits per heavy atom. The van der Waals surface area contributed by atoms with Gasteiger partial charge in [-0.1, -0.05) is 35.3 Å². The molecule has 1 unspecified atom stereocenters. The van der Waals surface area contributed by atoms with Crippen LogP contribution in [-0.2, 0) is 16.0 Å². The number of hydrogen-bond acceptors (Lipinski definition) is 6. The largest absolute Gasteiger partial charge is 0.493 e. The van der Waals surface area contributed by atoms with E-state index in [1.54, 1.807) is 49.4 Å². The number of carboxylic acid groups (broad SMARTS) is 1. The summed E-state index contributed by atoms with van der Waals surface area (Å²) in [4.78, 5) is 25.5. The Morgan fingerprint density at radius 1 is 0.854 bits per heavy atom. The second kappa shape index (κ2) is 16.0. The molecule has 0 aliphatic carbocycles. The zero-order chi connectivity index (χ0) is 29.8. The third-order valence-electron chi connectivity index (χ3n) is 5.65. The van der Waals surface area contributed by atoms with Crippen molar-refractivity contribution in [3.8, 4) is 17.2 Å². The van der Waals surface area contributed by atoms with Crippen LogP contribution in [0.15, 0.2) is 60.7 Å². The fraction of sp³-hybridized carbons (Fsp3) is 0.310. The smallest absolute Gasteiger partial charge is 0.415 e. The van der Waals surface area contributed by atoms with Gasteiger partial charge in [-0.15, -0.1) is 0 Å². The predicted octanol–water partition coefficient (Wildman–Crippen LogP) is 6.65. The van der Waals surface area contributed by atoms with Gasteiger partial charge in [0.25, 0.3) is 0 Å². The molecule has 3 aromatic rings. The van der Waals surface area contributed by atoms with Gasteiger partial charge in [-0.2, -0.15) is 0 Å². The Morgan fingerprint density at radius 3 is 2.15 bits per heavy atom. The van der Waals surface area contributed by atoms with Gasteiger partial charge in [0.05, 0.1) is 13.2 Å². The lowest BCUT2D eigenvalue weighted by Crippen LogP contribution is -2.38. The van der Waals surface area contributed by atoms with Crippen molar-refractivity contribution >= 4 is 35.3 Å². The number of hydrogen-bond donors (Lipinski definition) is 1. The van der Waals surface area contributed by atoms with Gasteiger partial charge in [0.1, 0.15) is 23.9 Å². The number of carbonyl (C=O) groups excluding carboxylic acids is 1. The first-order valence-corrected chi connectivity index (χ1v) is 13.5. The maximum absolute atomic E-state index is 13.6. The van der Waals surface area contributed by atoms with Crippen LogP contribution in [0.5, 0.6) is 17.2 Å². The van der Waals surface area contributed by atoms with Gasteiger partial charge in [0.15, 0.2) is 17.7 Å². The van der Waals surface area contributed by atoms with E-state index in [4.69, 9.17) is 42.1 Å². The van der Waals surface area contributed by atoms with Gasteiger partial charge in [-0.05, 0) is 61.4 Å². The molecule has 0 aliphatic rings. The minimum atomic E-state index is -1.14. The molecule has 220 valence electrons. The molecule has 1 amide bonds. The Balaban J connectivity index is 1.57.